The Morgan fingerprint density at radius 3 is 2.04 bits per heavy atom. The number of ether oxygens (including phenoxy) is 2. The van der Waals surface area contributed by atoms with E-state index in [0.29, 0.717) is 5.57 Å². The molecule has 134 valence electrons. The molecule has 0 aliphatic heterocycles. The first-order valence-corrected chi connectivity index (χ1v) is 7.24. The number of carboxylic acids is 1. The Bertz CT molecular complexity index is 670. The summed E-state index contributed by atoms with van der Waals surface area (Å²) in [5.74, 6) is -2.06. The summed E-state index contributed by atoms with van der Waals surface area (Å²) in [5.41, 5.74) is 1.35. The largest absolute Gasteiger partial charge is 0.478 e. The van der Waals surface area contributed by atoms with Gasteiger partial charge in [0.2, 0.25) is 0 Å². The fourth-order valence-electron chi connectivity index (χ4n) is 1.37. The van der Waals surface area contributed by atoms with Gasteiger partial charge >= 0.3 is 17.9 Å². The monoisotopic (exact) mass is 346 g/mol. The zero-order valence-electron chi connectivity index (χ0n) is 14.6. The number of rotatable bonds is 6. The van der Waals surface area contributed by atoms with Crippen molar-refractivity contribution >= 4 is 17.9 Å². The lowest BCUT2D eigenvalue weighted by Gasteiger charge is -2.04. The average molecular weight is 346 g/mol. The van der Waals surface area contributed by atoms with E-state index in [1.807, 2.05) is 30.3 Å². The van der Waals surface area contributed by atoms with Crippen molar-refractivity contribution in [3.63, 3.8) is 0 Å². The molecule has 6 heteroatoms. The Hall–Kier alpha value is -3.15. The van der Waals surface area contributed by atoms with E-state index in [-0.39, 0.29) is 23.7 Å². The van der Waals surface area contributed by atoms with Crippen molar-refractivity contribution in [2.75, 3.05) is 7.11 Å². The summed E-state index contributed by atoms with van der Waals surface area (Å²) >= 11 is 0. The molecule has 0 bridgehead atoms. The number of methoxy groups -OCH3 is 1. The van der Waals surface area contributed by atoms with Crippen LogP contribution >= 0.6 is 0 Å². The molecule has 0 aliphatic carbocycles. The average Bonchev–Trinajstić information content (AvgIpc) is 2.59. The van der Waals surface area contributed by atoms with Crippen molar-refractivity contribution < 1.29 is 29.0 Å². The van der Waals surface area contributed by atoms with Gasteiger partial charge in [-0.3, -0.25) is 0 Å². The minimum Gasteiger partial charge on any atom is -0.478 e. The molecule has 6 nitrogen and oxygen atoms in total. The first-order chi connectivity index (χ1) is 11.7. The zero-order valence-corrected chi connectivity index (χ0v) is 14.6. The lowest BCUT2D eigenvalue weighted by molar-refractivity contribution is -0.140. The summed E-state index contributed by atoms with van der Waals surface area (Å²) in [7, 11) is 1.33. The molecule has 0 aromatic heterocycles. The third kappa shape index (κ3) is 9.55. The highest BCUT2D eigenvalue weighted by Gasteiger charge is 2.09. The van der Waals surface area contributed by atoms with Crippen LogP contribution in [0.5, 0.6) is 0 Å². The summed E-state index contributed by atoms with van der Waals surface area (Å²) in [6.07, 6.45) is 1.19. The van der Waals surface area contributed by atoms with E-state index in [1.54, 1.807) is 6.92 Å². The Morgan fingerprint density at radius 2 is 1.64 bits per heavy atom. The second-order valence-corrected chi connectivity index (χ2v) is 4.99. The molecule has 1 aromatic rings. The van der Waals surface area contributed by atoms with Gasteiger partial charge in [-0.05, 0) is 25.5 Å². The molecule has 0 radical (unpaired) electrons. The Balaban J connectivity index is 0.000000697. The smallest absolute Gasteiger partial charge is 0.337 e. The molecule has 0 aliphatic rings. The first kappa shape index (κ1) is 21.9. The number of benzene rings is 1. The van der Waals surface area contributed by atoms with Gasteiger partial charge in [0.1, 0.15) is 6.61 Å². The summed E-state index contributed by atoms with van der Waals surface area (Å²) in [5, 5.41) is 8.66. The van der Waals surface area contributed by atoms with Crippen molar-refractivity contribution in [2.24, 2.45) is 0 Å². The van der Waals surface area contributed by atoms with Crippen LogP contribution in [0.25, 0.3) is 0 Å². The highest BCUT2D eigenvalue weighted by atomic mass is 16.5. The molecule has 0 saturated carbocycles. The predicted octanol–water partition coefficient (Wildman–Crippen LogP) is 3.05. The summed E-state index contributed by atoms with van der Waals surface area (Å²) < 4.78 is 9.27. The summed E-state index contributed by atoms with van der Waals surface area (Å²) in [6.45, 7) is 9.95. The van der Waals surface area contributed by atoms with Gasteiger partial charge in [-0.2, -0.15) is 0 Å². The van der Waals surface area contributed by atoms with Crippen LogP contribution in [0, 0.1) is 0 Å². The number of hydrogen-bond donors (Lipinski definition) is 1. The second kappa shape index (κ2) is 11.4. The van der Waals surface area contributed by atoms with Gasteiger partial charge in [-0.25, -0.2) is 14.4 Å². The molecular weight excluding hydrogens is 324 g/mol. The number of esters is 2. The van der Waals surface area contributed by atoms with Crippen LogP contribution in [0.3, 0.4) is 0 Å². The highest BCUT2D eigenvalue weighted by molar-refractivity contribution is 5.94. The molecule has 1 rings (SSSR count). The van der Waals surface area contributed by atoms with Crippen molar-refractivity contribution in [1.82, 2.24) is 0 Å². The van der Waals surface area contributed by atoms with Gasteiger partial charge in [0.05, 0.1) is 12.7 Å². The number of carbonyl (C=O) groups excluding carboxylic acids is 2. The predicted molar refractivity (Wildman–Crippen MR) is 93.6 cm³/mol. The number of aliphatic carboxylic acids is 1. The van der Waals surface area contributed by atoms with Crippen LogP contribution < -0.4 is 0 Å². The normalized spacial score (nSPS) is 9.96. The molecule has 0 amide bonds. The molecule has 0 spiro atoms. The lowest BCUT2D eigenvalue weighted by Crippen LogP contribution is -2.07. The molecule has 1 N–H and O–H groups in total. The third-order valence-electron chi connectivity index (χ3n) is 2.74. The quantitative estimate of drug-likeness (QED) is 0.484. The molecule has 0 fully saturated rings. The van der Waals surface area contributed by atoms with E-state index < -0.39 is 11.9 Å². The van der Waals surface area contributed by atoms with Crippen LogP contribution in [0.15, 0.2) is 66.3 Å². The lowest BCUT2D eigenvalue weighted by atomic mass is 10.2. The Labute approximate surface area is 147 Å². The van der Waals surface area contributed by atoms with Crippen molar-refractivity contribution in [3.05, 3.63) is 71.8 Å². The van der Waals surface area contributed by atoms with Gasteiger partial charge in [0.25, 0.3) is 0 Å². The maximum atomic E-state index is 11.5. The number of hydrogen-bond acceptors (Lipinski definition) is 5. The van der Waals surface area contributed by atoms with Crippen LogP contribution in [-0.4, -0.2) is 30.1 Å². The topological polar surface area (TPSA) is 89.9 Å². The molecule has 0 atom stereocenters. The number of carbonyl (C=O) groups is 3. The Morgan fingerprint density at radius 1 is 1.08 bits per heavy atom. The summed E-state index contributed by atoms with van der Waals surface area (Å²) in [4.78, 5) is 32.3. The molecule has 25 heavy (non-hydrogen) atoms. The molecule has 0 saturated heterocycles. The van der Waals surface area contributed by atoms with Crippen LogP contribution in [-0.2, 0) is 30.5 Å². The van der Waals surface area contributed by atoms with Gasteiger partial charge in [0.15, 0.2) is 0 Å². The van der Waals surface area contributed by atoms with Crippen LogP contribution in [0.4, 0.5) is 0 Å². The van der Waals surface area contributed by atoms with Gasteiger partial charge < -0.3 is 14.6 Å². The molecule has 0 unspecified atom stereocenters. The summed E-state index contributed by atoms with van der Waals surface area (Å²) in [6, 6.07) is 9.20. The molecular formula is C19H22O6. The van der Waals surface area contributed by atoms with E-state index in [1.165, 1.54) is 20.1 Å². The van der Waals surface area contributed by atoms with Gasteiger partial charge in [-0.1, -0.05) is 43.5 Å². The van der Waals surface area contributed by atoms with Gasteiger partial charge in [0, 0.05) is 11.1 Å². The minimum absolute atomic E-state index is 0.0193. The van der Waals surface area contributed by atoms with Crippen molar-refractivity contribution in [2.45, 2.75) is 20.5 Å². The third-order valence-corrected chi connectivity index (χ3v) is 2.74. The highest BCUT2D eigenvalue weighted by Crippen LogP contribution is 2.06. The second-order valence-electron chi connectivity index (χ2n) is 4.99. The molecule has 0 heterocycles. The van der Waals surface area contributed by atoms with Crippen LogP contribution in [0.1, 0.15) is 19.4 Å². The maximum absolute atomic E-state index is 11.5. The maximum Gasteiger partial charge on any atom is 0.337 e. The van der Waals surface area contributed by atoms with E-state index in [0.717, 1.165) is 5.56 Å². The number of carboxylic acid groups (broad SMARTS) is 1. The van der Waals surface area contributed by atoms with Crippen LogP contribution in [0.2, 0.25) is 0 Å². The van der Waals surface area contributed by atoms with Crippen molar-refractivity contribution in [1.29, 1.82) is 0 Å². The van der Waals surface area contributed by atoms with E-state index in [4.69, 9.17) is 9.84 Å². The SMILES string of the molecule is C=C(C)C(=O)OC.C=C(C=C(C)C(=O)O)C(=O)OCc1ccccc1. The van der Waals surface area contributed by atoms with Crippen molar-refractivity contribution in [3.8, 4) is 0 Å². The fraction of sp³-hybridized carbons (Fsp3) is 0.211. The van der Waals surface area contributed by atoms with E-state index in [2.05, 4.69) is 17.9 Å². The fourth-order valence-corrected chi connectivity index (χ4v) is 1.37. The molecule has 1 aromatic carbocycles. The standard InChI is InChI=1S/C14H14O4.C5H8O2/c1-10(13(15)16)8-11(2)14(17)18-9-12-6-4-3-5-7-12;1-4(2)5(6)7-3/h3-8H,2,9H2,1H3,(H,15,16);1H2,2-3H3. The van der Waals surface area contributed by atoms with E-state index >= 15 is 0 Å². The zero-order chi connectivity index (χ0) is 19.4. The van der Waals surface area contributed by atoms with Gasteiger partial charge in [-0.15, -0.1) is 0 Å². The minimum atomic E-state index is -1.09. The Kier molecular flexibility index (Phi) is 9.96. The first-order valence-electron chi connectivity index (χ1n) is 7.24. The van der Waals surface area contributed by atoms with E-state index in [9.17, 15) is 14.4 Å².